The summed E-state index contributed by atoms with van der Waals surface area (Å²) < 4.78 is 5.08. The lowest BCUT2D eigenvalue weighted by molar-refractivity contribution is -0.128. The number of benzene rings is 2. The molecule has 144 valence electrons. The van der Waals surface area contributed by atoms with Crippen LogP contribution in [0.2, 0.25) is 0 Å². The van der Waals surface area contributed by atoms with Gasteiger partial charge in [0.05, 0.1) is 17.6 Å². The molecule has 0 bridgehead atoms. The SMILES string of the molecule is Nc1cnc(-c2ccccc2)nc1-c1cc(C(COC=O)c2ccccc2)c[nH]1. The summed E-state index contributed by atoms with van der Waals surface area (Å²) in [6, 6.07) is 21.6. The van der Waals surface area contributed by atoms with Gasteiger partial charge in [-0.3, -0.25) is 4.79 Å². The summed E-state index contributed by atoms with van der Waals surface area (Å²) in [5.74, 6) is 0.512. The summed E-state index contributed by atoms with van der Waals surface area (Å²) in [6.45, 7) is 0.720. The zero-order valence-electron chi connectivity index (χ0n) is 15.7. The van der Waals surface area contributed by atoms with Crippen LogP contribution < -0.4 is 5.73 Å². The maximum Gasteiger partial charge on any atom is 0.293 e. The standard InChI is InChI=1S/C23H20N4O2/c24-20-13-26-23(17-9-5-2-6-10-17)27-22(20)21-11-18(12-25-21)19(14-29-15-28)16-7-3-1-4-8-16/h1-13,15,19,25H,14,24H2. The molecule has 1 unspecified atom stereocenters. The molecule has 6 heteroatoms. The number of carbonyl (C=O) groups is 1. The van der Waals surface area contributed by atoms with E-state index in [1.807, 2.05) is 72.9 Å². The van der Waals surface area contributed by atoms with Crippen molar-refractivity contribution in [3.63, 3.8) is 0 Å². The molecule has 0 aliphatic rings. The second-order valence-electron chi connectivity index (χ2n) is 6.60. The van der Waals surface area contributed by atoms with Gasteiger partial charge in [0, 0.05) is 17.7 Å². The van der Waals surface area contributed by atoms with Crippen LogP contribution in [-0.4, -0.2) is 28.0 Å². The average Bonchev–Trinajstić information content (AvgIpc) is 3.25. The highest BCUT2D eigenvalue weighted by molar-refractivity contribution is 5.72. The third-order valence-corrected chi connectivity index (χ3v) is 4.74. The average molecular weight is 384 g/mol. The summed E-state index contributed by atoms with van der Waals surface area (Å²) in [7, 11) is 0. The Labute approximate surface area is 168 Å². The minimum absolute atomic E-state index is 0.0944. The fraction of sp³-hybridized carbons (Fsp3) is 0.0870. The molecule has 0 radical (unpaired) electrons. The van der Waals surface area contributed by atoms with Gasteiger partial charge in [0.15, 0.2) is 5.82 Å². The van der Waals surface area contributed by atoms with Gasteiger partial charge in [-0.25, -0.2) is 9.97 Å². The second kappa shape index (κ2) is 8.39. The van der Waals surface area contributed by atoms with Crippen molar-refractivity contribution in [2.45, 2.75) is 5.92 Å². The van der Waals surface area contributed by atoms with Gasteiger partial charge in [-0.15, -0.1) is 0 Å². The number of anilines is 1. The van der Waals surface area contributed by atoms with Crippen molar-refractivity contribution in [2.75, 3.05) is 12.3 Å². The highest BCUT2D eigenvalue weighted by Gasteiger charge is 2.18. The Morgan fingerprint density at radius 3 is 2.48 bits per heavy atom. The first-order valence-corrected chi connectivity index (χ1v) is 9.23. The van der Waals surface area contributed by atoms with Crippen LogP contribution in [0.5, 0.6) is 0 Å². The Kier molecular flexibility index (Phi) is 5.33. The maximum atomic E-state index is 10.8. The number of nitrogen functional groups attached to an aromatic ring is 1. The van der Waals surface area contributed by atoms with E-state index < -0.39 is 0 Å². The van der Waals surface area contributed by atoms with E-state index in [4.69, 9.17) is 10.5 Å². The number of hydrogen-bond acceptors (Lipinski definition) is 5. The Hall–Kier alpha value is -3.93. The minimum atomic E-state index is -0.0944. The Balaban J connectivity index is 1.70. The van der Waals surface area contributed by atoms with Gasteiger partial charge < -0.3 is 15.5 Å². The van der Waals surface area contributed by atoms with E-state index in [0.29, 0.717) is 23.7 Å². The first kappa shape index (κ1) is 18.4. The largest absolute Gasteiger partial charge is 0.467 e. The molecule has 3 N–H and O–H groups in total. The van der Waals surface area contributed by atoms with E-state index in [0.717, 1.165) is 22.4 Å². The predicted molar refractivity (Wildman–Crippen MR) is 112 cm³/mol. The van der Waals surface area contributed by atoms with Gasteiger partial charge in [-0.2, -0.15) is 0 Å². The third kappa shape index (κ3) is 4.01. The Morgan fingerprint density at radius 2 is 1.76 bits per heavy atom. The second-order valence-corrected chi connectivity index (χ2v) is 6.60. The van der Waals surface area contributed by atoms with E-state index in [-0.39, 0.29) is 12.5 Å². The first-order valence-electron chi connectivity index (χ1n) is 9.23. The number of aromatic amines is 1. The van der Waals surface area contributed by atoms with Gasteiger partial charge in [0.2, 0.25) is 0 Å². The number of nitrogens with two attached hydrogens (primary N) is 1. The molecule has 0 saturated carbocycles. The highest BCUT2D eigenvalue weighted by atomic mass is 16.5. The molecule has 4 rings (SSSR count). The smallest absolute Gasteiger partial charge is 0.293 e. The van der Waals surface area contributed by atoms with Crippen molar-refractivity contribution in [3.05, 3.63) is 90.3 Å². The molecule has 0 amide bonds. The summed E-state index contributed by atoms with van der Waals surface area (Å²) in [5, 5.41) is 0. The number of carbonyl (C=O) groups excluding carboxylic acids is 1. The number of aromatic nitrogens is 3. The fourth-order valence-electron chi connectivity index (χ4n) is 3.29. The number of H-pyrrole nitrogens is 1. The van der Waals surface area contributed by atoms with E-state index in [1.54, 1.807) is 6.20 Å². The van der Waals surface area contributed by atoms with Gasteiger partial charge >= 0.3 is 0 Å². The van der Waals surface area contributed by atoms with Crippen LogP contribution in [0.15, 0.2) is 79.1 Å². The number of ether oxygens (including phenoxy) is 1. The molecule has 2 aromatic heterocycles. The van der Waals surface area contributed by atoms with Gasteiger partial charge in [0.1, 0.15) is 12.3 Å². The molecule has 1 atom stereocenters. The molecule has 0 spiro atoms. The first-order chi connectivity index (χ1) is 14.3. The fourth-order valence-corrected chi connectivity index (χ4v) is 3.29. The molecule has 0 aliphatic carbocycles. The van der Waals surface area contributed by atoms with Crippen LogP contribution in [0.3, 0.4) is 0 Å². The lowest BCUT2D eigenvalue weighted by Crippen LogP contribution is -2.08. The van der Waals surface area contributed by atoms with Crippen molar-refractivity contribution in [3.8, 4) is 22.8 Å². The molecule has 2 heterocycles. The van der Waals surface area contributed by atoms with Crippen molar-refractivity contribution in [1.29, 1.82) is 0 Å². The number of nitrogens with zero attached hydrogens (tertiary/aromatic N) is 2. The molecule has 0 fully saturated rings. The maximum absolute atomic E-state index is 10.8. The van der Waals surface area contributed by atoms with Crippen molar-refractivity contribution in [2.24, 2.45) is 0 Å². The normalized spacial score (nSPS) is 11.7. The minimum Gasteiger partial charge on any atom is -0.467 e. The molecule has 0 aliphatic heterocycles. The summed E-state index contributed by atoms with van der Waals surface area (Å²) >= 11 is 0. The molecule has 2 aromatic carbocycles. The molecular formula is C23H20N4O2. The summed E-state index contributed by atoms with van der Waals surface area (Å²) in [6.07, 6.45) is 3.51. The number of rotatable bonds is 7. The van der Waals surface area contributed by atoms with E-state index in [2.05, 4.69) is 15.0 Å². The molecular weight excluding hydrogens is 364 g/mol. The molecule has 0 saturated heterocycles. The number of hydrogen-bond donors (Lipinski definition) is 2. The Morgan fingerprint density at radius 1 is 1.03 bits per heavy atom. The van der Waals surface area contributed by atoms with E-state index in [9.17, 15) is 4.79 Å². The summed E-state index contributed by atoms with van der Waals surface area (Å²) in [4.78, 5) is 23.0. The summed E-state index contributed by atoms with van der Waals surface area (Å²) in [5.41, 5.74) is 11.0. The van der Waals surface area contributed by atoms with Crippen molar-refractivity contribution < 1.29 is 9.53 Å². The lowest BCUT2D eigenvalue weighted by Gasteiger charge is -2.14. The van der Waals surface area contributed by atoms with Crippen LogP contribution in [0, 0.1) is 0 Å². The quantitative estimate of drug-likeness (QED) is 0.469. The van der Waals surface area contributed by atoms with Crippen LogP contribution in [0.25, 0.3) is 22.8 Å². The zero-order valence-corrected chi connectivity index (χ0v) is 15.7. The topological polar surface area (TPSA) is 93.9 Å². The van der Waals surface area contributed by atoms with Gasteiger partial charge in [-0.05, 0) is 17.2 Å². The van der Waals surface area contributed by atoms with Crippen molar-refractivity contribution in [1.82, 2.24) is 15.0 Å². The van der Waals surface area contributed by atoms with E-state index >= 15 is 0 Å². The molecule has 6 nitrogen and oxygen atoms in total. The van der Waals surface area contributed by atoms with E-state index in [1.165, 1.54) is 0 Å². The highest BCUT2D eigenvalue weighted by Crippen LogP contribution is 2.31. The van der Waals surface area contributed by atoms with Gasteiger partial charge in [-0.1, -0.05) is 60.7 Å². The van der Waals surface area contributed by atoms with Gasteiger partial charge in [0.25, 0.3) is 6.47 Å². The Bertz CT molecular complexity index is 1090. The van der Waals surface area contributed by atoms with Crippen LogP contribution in [0.4, 0.5) is 5.69 Å². The molecule has 29 heavy (non-hydrogen) atoms. The predicted octanol–water partition coefficient (Wildman–Crippen LogP) is 4.03. The monoisotopic (exact) mass is 384 g/mol. The lowest BCUT2D eigenvalue weighted by atomic mass is 9.94. The van der Waals surface area contributed by atoms with Crippen LogP contribution >= 0.6 is 0 Å². The number of nitrogens with one attached hydrogen (secondary N) is 1. The van der Waals surface area contributed by atoms with Crippen molar-refractivity contribution >= 4 is 12.2 Å². The zero-order chi connectivity index (χ0) is 20.1. The van der Waals surface area contributed by atoms with Crippen LogP contribution in [-0.2, 0) is 9.53 Å². The van der Waals surface area contributed by atoms with Crippen LogP contribution in [0.1, 0.15) is 17.0 Å². The third-order valence-electron chi connectivity index (χ3n) is 4.74. The molecule has 4 aromatic rings.